The van der Waals surface area contributed by atoms with Crippen molar-refractivity contribution in [3.05, 3.63) is 71.4 Å². The van der Waals surface area contributed by atoms with Gasteiger partial charge < -0.3 is 9.84 Å². The highest BCUT2D eigenvalue weighted by Crippen LogP contribution is 2.21. The van der Waals surface area contributed by atoms with Crippen LogP contribution in [-0.4, -0.2) is 31.2 Å². The van der Waals surface area contributed by atoms with Crippen LogP contribution in [0, 0.1) is 13.8 Å². The van der Waals surface area contributed by atoms with Crippen LogP contribution in [0.3, 0.4) is 0 Å². The molecule has 0 spiro atoms. The molecule has 2 heterocycles. The van der Waals surface area contributed by atoms with Gasteiger partial charge in [0.2, 0.25) is 17.0 Å². The number of carbonyl (C=O) groups excluding carboxylic acids is 1. The number of nitrogens with zero attached hydrogens (tertiary/aromatic N) is 4. The van der Waals surface area contributed by atoms with Crippen LogP contribution in [-0.2, 0) is 17.0 Å². The van der Waals surface area contributed by atoms with E-state index < -0.39 is 0 Å². The molecule has 0 fully saturated rings. The quantitative estimate of drug-likeness (QED) is 0.397. The van der Waals surface area contributed by atoms with Crippen LogP contribution < -0.4 is 5.32 Å². The summed E-state index contributed by atoms with van der Waals surface area (Å²) in [6.45, 7) is 4.00. The highest BCUT2D eigenvalue weighted by atomic mass is 32.2. The molecule has 0 radical (unpaired) electrons. The monoisotopic (exact) mass is 434 g/mol. The lowest BCUT2D eigenvalue weighted by Gasteiger charge is -2.08. The Morgan fingerprint density at radius 1 is 1.13 bits per heavy atom. The second kappa shape index (κ2) is 9.57. The standard InChI is InChI=1S/C22H22N6O2S/c1-14-8-9-17(15(2)12-14)23-19(29)10-11-20-24-18(28-30-20)13-31-22-25-21(26-27-22)16-6-4-3-5-7-16/h3-9,12H,10-11,13H2,1-2H3,(H,23,29)(H,25,26,27). The first-order chi connectivity index (χ1) is 15.1. The van der Waals surface area contributed by atoms with Gasteiger partial charge in [-0.15, -0.1) is 5.10 Å². The zero-order chi connectivity index (χ0) is 21.6. The van der Waals surface area contributed by atoms with Crippen molar-refractivity contribution in [2.45, 2.75) is 37.6 Å². The number of thioether (sulfide) groups is 1. The number of nitrogens with one attached hydrogen (secondary N) is 2. The number of rotatable bonds is 8. The summed E-state index contributed by atoms with van der Waals surface area (Å²) in [4.78, 5) is 21.1. The largest absolute Gasteiger partial charge is 0.339 e. The molecule has 0 atom stereocenters. The molecule has 0 aliphatic carbocycles. The summed E-state index contributed by atoms with van der Waals surface area (Å²) in [6, 6.07) is 15.7. The summed E-state index contributed by atoms with van der Waals surface area (Å²) in [7, 11) is 0. The predicted molar refractivity (Wildman–Crippen MR) is 119 cm³/mol. The minimum Gasteiger partial charge on any atom is -0.339 e. The van der Waals surface area contributed by atoms with E-state index in [1.807, 2.05) is 62.4 Å². The lowest BCUT2D eigenvalue weighted by atomic mass is 10.1. The summed E-state index contributed by atoms with van der Waals surface area (Å²) in [5.74, 6) is 2.08. The molecule has 2 aromatic heterocycles. The molecule has 4 aromatic rings. The van der Waals surface area contributed by atoms with Crippen molar-refractivity contribution in [1.29, 1.82) is 0 Å². The fourth-order valence-electron chi connectivity index (χ4n) is 3.00. The van der Waals surface area contributed by atoms with E-state index in [9.17, 15) is 4.79 Å². The average Bonchev–Trinajstić information content (AvgIpc) is 3.43. The van der Waals surface area contributed by atoms with E-state index in [-0.39, 0.29) is 12.3 Å². The number of carbonyl (C=O) groups is 1. The summed E-state index contributed by atoms with van der Waals surface area (Å²) in [5.41, 5.74) is 3.99. The van der Waals surface area contributed by atoms with Crippen molar-refractivity contribution < 1.29 is 9.32 Å². The lowest BCUT2D eigenvalue weighted by Crippen LogP contribution is -2.13. The van der Waals surface area contributed by atoms with Crippen LogP contribution in [0.2, 0.25) is 0 Å². The van der Waals surface area contributed by atoms with Crippen LogP contribution in [0.5, 0.6) is 0 Å². The van der Waals surface area contributed by atoms with Gasteiger partial charge in [-0.05, 0) is 25.5 Å². The first-order valence-corrected chi connectivity index (χ1v) is 10.8. The number of anilines is 1. The number of aromatic amines is 1. The van der Waals surface area contributed by atoms with E-state index >= 15 is 0 Å². The smallest absolute Gasteiger partial charge is 0.227 e. The Morgan fingerprint density at radius 2 is 1.97 bits per heavy atom. The van der Waals surface area contributed by atoms with Gasteiger partial charge in [-0.1, -0.05) is 64.9 Å². The molecule has 0 saturated carbocycles. The van der Waals surface area contributed by atoms with Crippen LogP contribution in [0.25, 0.3) is 11.4 Å². The maximum absolute atomic E-state index is 12.2. The Balaban J connectivity index is 1.26. The average molecular weight is 435 g/mol. The van der Waals surface area contributed by atoms with Gasteiger partial charge in [0.25, 0.3) is 0 Å². The highest BCUT2D eigenvalue weighted by molar-refractivity contribution is 7.98. The Bertz CT molecular complexity index is 1170. The number of hydrogen-bond donors (Lipinski definition) is 2. The second-order valence-corrected chi connectivity index (χ2v) is 8.03. The van der Waals surface area contributed by atoms with Crippen LogP contribution >= 0.6 is 11.8 Å². The van der Waals surface area contributed by atoms with Crippen molar-refractivity contribution in [2.75, 3.05) is 5.32 Å². The number of aryl methyl sites for hydroxylation is 3. The molecule has 31 heavy (non-hydrogen) atoms. The maximum atomic E-state index is 12.2. The molecule has 0 saturated heterocycles. The van der Waals surface area contributed by atoms with E-state index in [1.54, 1.807) is 0 Å². The SMILES string of the molecule is Cc1ccc(NC(=O)CCc2nc(CSc3n[nH]c(-c4ccccc4)n3)no2)c(C)c1. The Morgan fingerprint density at radius 3 is 2.77 bits per heavy atom. The van der Waals surface area contributed by atoms with Crippen molar-refractivity contribution >= 4 is 23.4 Å². The highest BCUT2D eigenvalue weighted by Gasteiger charge is 2.12. The van der Waals surface area contributed by atoms with Crippen LogP contribution in [0.1, 0.15) is 29.3 Å². The third-order valence-electron chi connectivity index (χ3n) is 4.57. The molecular formula is C22H22N6O2S. The molecule has 0 aliphatic rings. The van der Waals surface area contributed by atoms with Gasteiger partial charge in [0.05, 0.1) is 5.75 Å². The first kappa shape index (κ1) is 20.8. The second-order valence-electron chi connectivity index (χ2n) is 7.09. The molecule has 0 unspecified atom stereocenters. The Labute approximate surface area is 183 Å². The summed E-state index contributed by atoms with van der Waals surface area (Å²) < 4.78 is 5.26. The van der Waals surface area contributed by atoms with E-state index in [0.717, 1.165) is 22.4 Å². The van der Waals surface area contributed by atoms with E-state index in [4.69, 9.17) is 4.52 Å². The first-order valence-electron chi connectivity index (χ1n) is 9.86. The van der Waals surface area contributed by atoms with Gasteiger partial charge in [-0.3, -0.25) is 9.89 Å². The third-order valence-corrected chi connectivity index (χ3v) is 5.42. The molecule has 0 bridgehead atoms. The molecular weight excluding hydrogens is 412 g/mol. The normalized spacial score (nSPS) is 10.9. The van der Waals surface area contributed by atoms with Crippen molar-refractivity contribution in [1.82, 2.24) is 25.3 Å². The number of aromatic nitrogens is 5. The Kier molecular flexibility index (Phi) is 6.42. The molecule has 9 heteroatoms. The molecule has 1 amide bonds. The maximum Gasteiger partial charge on any atom is 0.227 e. The summed E-state index contributed by atoms with van der Waals surface area (Å²) in [6.07, 6.45) is 0.649. The predicted octanol–water partition coefficient (Wildman–Crippen LogP) is 4.34. The Hall–Kier alpha value is -3.46. The summed E-state index contributed by atoms with van der Waals surface area (Å²) in [5, 5.41) is 14.7. The summed E-state index contributed by atoms with van der Waals surface area (Å²) >= 11 is 1.41. The minimum absolute atomic E-state index is 0.0877. The molecule has 2 N–H and O–H groups in total. The molecule has 4 rings (SSSR count). The number of hydrogen-bond acceptors (Lipinski definition) is 7. The van der Waals surface area contributed by atoms with Crippen molar-refractivity contribution in [3.63, 3.8) is 0 Å². The van der Waals surface area contributed by atoms with E-state index in [0.29, 0.717) is 34.9 Å². The van der Waals surface area contributed by atoms with Gasteiger partial charge >= 0.3 is 0 Å². The van der Waals surface area contributed by atoms with E-state index in [1.165, 1.54) is 11.8 Å². The topological polar surface area (TPSA) is 110 Å². The zero-order valence-corrected chi connectivity index (χ0v) is 18.1. The fraction of sp³-hybridized carbons (Fsp3) is 0.227. The fourth-order valence-corrected chi connectivity index (χ4v) is 3.64. The zero-order valence-electron chi connectivity index (χ0n) is 17.3. The molecule has 8 nitrogen and oxygen atoms in total. The number of benzene rings is 2. The van der Waals surface area contributed by atoms with Gasteiger partial charge in [-0.2, -0.15) is 4.98 Å². The minimum atomic E-state index is -0.0877. The van der Waals surface area contributed by atoms with Gasteiger partial charge in [0.1, 0.15) is 0 Å². The lowest BCUT2D eigenvalue weighted by molar-refractivity contribution is -0.116. The number of H-pyrrole nitrogens is 1. The van der Waals surface area contributed by atoms with Crippen molar-refractivity contribution in [2.24, 2.45) is 0 Å². The molecule has 2 aromatic carbocycles. The number of amides is 1. The van der Waals surface area contributed by atoms with Gasteiger partial charge in [0, 0.05) is 24.1 Å². The van der Waals surface area contributed by atoms with Crippen LogP contribution in [0.4, 0.5) is 5.69 Å². The van der Waals surface area contributed by atoms with Gasteiger partial charge in [-0.25, -0.2) is 4.98 Å². The third kappa shape index (κ3) is 5.58. The molecule has 0 aliphatic heterocycles. The van der Waals surface area contributed by atoms with Crippen LogP contribution in [0.15, 0.2) is 58.2 Å². The van der Waals surface area contributed by atoms with E-state index in [2.05, 4.69) is 30.6 Å². The van der Waals surface area contributed by atoms with Crippen molar-refractivity contribution in [3.8, 4) is 11.4 Å². The van der Waals surface area contributed by atoms with Gasteiger partial charge in [0.15, 0.2) is 11.6 Å². The molecule has 158 valence electrons.